The van der Waals surface area contributed by atoms with E-state index in [-0.39, 0.29) is 55.0 Å². The fraction of sp³-hybridized carbons (Fsp3) is 0.388. The largest absolute Gasteiger partial charge is 0.391 e. The van der Waals surface area contributed by atoms with E-state index in [2.05, 4.69) is 54.3 Å². The number of anilines is 2. The molecule has 19 heteroatoms. The maximum atomic E-state index is 14.4. The highest BCUT2D eigenvalue weighted by Gasteiger charge is 2.45. The third kappa shape index (κ3) is 14.6. The molecule has 4 unspecified atom stereocenters. The lowest BCUT2D eigenvalue weighted by Crippen LogP contribution is -2.57. The Kier molecular flexibility index (Phi) is 19.5. The number of nitrogens with zero attached hydrogens (tertiary/aromatic N) is 7. The van der Waals surface area contributed by atoms with Crippen LogP contribution in [0.5, 0.6) is 0 Å². The number of hydrogen-bond acceptors (Lipinski definition) is 13. The number of aryl methyl sites for hydroxylation is 1. The van der Waals surface area contributed by atoms with E-state index >= 15 is 0 Å². The lowest BCUT2D eigenvalue weighted by Gasteiger charge is -2.35. The fourth-order valence-corrected chi connectivity index (χ4v) is 13.2. The van der Waals surface area contributed by atoms with Crippen LogP contribution in [0, 0.1) is 19.3 Å². The van der Waals surface area contributed by atoms with Gasteiger partial charge in [0.1, 0.15) is 23.6 Å². The van der Waals surface area contributed by atoms with Crippen LogP contribution in [0.1, 0.15) is 146 Å². The third-order valence-corrected chi connectivity index (χ3v) is 18.4. The number of hydrogen-bond donors (Lipinski definition) is 5. The number of carbonyl (C=O) groups is 5. The number of unbranched alkanes of at least 4 members (excludes halogenated alkanes) is 6. The number of aromatic nitrogens is 5. The molecular weight excluding hydrogens is 1120 g/mol. The van der Waals surface area contributed by atoms with Gasteiger partial charge in [-0.2, -0.15) is 5.10 Å². The Morgan fingerprint density at radius 1 is 0.791 bits per heavy atom. The third-order valence-electron chi connectivity index (χ3n) is 16.4. The first-order valence-corrected chi connectivity index (χ1v) is 31.7. The van der Waals surface area contributed by atoms with Gasteiger partial charge in [0.2, 0.25) is 17.7 Å². The van der Waals surface area contributed by atoms with Crippen LogP contribution in [0.15, 0.2) is 121 Å². The molecule has 10 rings (SSSR count). The van der Waals surface area contributed by atoms with Crippen molar-refractivity contribution in [3.05, 3.63) is 166 Å². The van der Waals surface area contributed by atoms with E-state index in [0.29, 0.717) is 66.8 Å². The molecule has 0 radical (unpaired) electrons. The predicted molar refractivity (Wildman–Crippen MR) is 340 cm³/mol. The van der Waals surface area contributed by atoms with Gasteiger partial charge in [-0.15, -0.1) is 11.3 Å². The standard InChI is InChI=1S/C67H77N11O6S2/c1-42(46-27-29-48(30-28-46)60-43(2)69-41-85-60)71-63(82)55-36-49(79)39-77(55)65(84)61(67(4,5)6)74-58(80)26-15-10-8-7-9-11-18-34-68-64(83)59-50(52-37-70-78(44(52)3)38-45-20-13-12-14-21-45)31-32-57(73-59)76-35-33-47-22-19-23-51(53(47)40-76)62(81)75-66-72-54-24-16-17-25-56(54)86-66/h12-14,16-17,19-25,27-32,37,41-42,49,55,61,79H,7-11,15,18,26,33-36,38-40H2,1-6H3,(H,68,83)(H,71,82)(H,74,80)(H,72,75,81). The molecule has 0 spiro atoms. The Balaban J connectivity index is 0.700. The highest BCUT2D eigenvalue weighted by molar-refractivity contribution is 7.22. The van der Waals surface area contributed by atoms with Crippen molar-refractivity contribution >= 4 is 73.4 Å². The number of carbonyl (C=O) groups excluding carboxylic acids is 5. The first kappa shape index (κ1) is 61.0. The van der Waals surface area contributed by atoms with E-state index in [4.69, 9.17) is 10.1 Å². The van der Waals surface area contributed by atoms with E-state index in [0.717, 1.165) is 98.4 Å². The Bertz CT molecular complexity index is 3670. The molecular formula is C67H77N11O6S2. The van der Waals surface area contributed by atoms with Crippen LogP contribution in [0.2, 0.25) is 0 Å². The number of aliphatic hydroxyl groups is 1. The van der Waals surface area contributed by atoms with Crippen molar-refractivity contribution < 1.29 is 29.1 Å². The molecule has 4 atom stereocenters. The van der Waals surface area contributed by atoms with Gasteiger partial charge in [-0.05, 0) is 104 Å². The fourth-order valence-electron chi connectivity index (χ4n) is 11.6. The van der Waals surface area contributed by atoms with Crippen LogP contribution in [0.4, 0.5) is 10.9 Å². The van der Waals surface area contributed by atoms with E-state index < -0.39 is 23.6 Å². The lowest BCUT2D eigenvalue weighted by molar-refractivity contribution is -0.144. The second-order valence-corrected chi connectivity index (χ2v) is 25.7. The van der Waals surface area contributed by atoms with Crippen LogP contribution in [-0.2, 0) is 33.9 Å². The quantitative estimate of drug-likeness (QED) is 0.0380. The first-order valence-electron chi connectivity index (χ1n) is 30.0. The molecule has 86 heavy (non-hydrogen) atoms. The zero-order valence-corrected chi connectivity index (χ0v) is 51.5. The number of nitrogens with one attached hydrogen (secondary N) is 4. The molecule has 2 aliphatic rings. The summed E-state index contributed by atoms with van der Waals surface area (Å²) < 4.78 is 2.94. The summed E-state index contributed by atoms with van der Waals surface area (Å²) in [5.41, 5.74) is 11.4. The Hall–Kier alpha value is -8.13. The van der Waals surface area contributed by atoms with Gasteiger partial charge >= 0.3 is 0 Å². The van der Waals surface area contributed by atoms with Gasteiger partial charge in [0, 0.05) is 61.4 Å². The molecule has 2 aliphatic heterocycles. The van der Waals surface area contributed by atoms with Crippen LogP contribution in [0.25, 0.3) is 31.8 Å². The molecule has 1 saturated heterocycles. The lowest BCUT2D eigenvalue weighted by atomic mass is 9.85. The van der Waals surface area contributed by atoms with Crippen molar-refractivity contribution in [2.24, 2.45) is 5.41 Å². The summed E-state index contributed by atoms with van der Waals surface area (Å²) in [6.45, 7) is 13.7. The van der Waals surface area contributed by atoms with E-state index in [9.17, 15) is 29.1 Å². The second kappa shape index (κ2) is 27.5. The maximum absolute atomic E-state index is 14.4. The van der Waals surface area contributed by atoms with E-state index in [1.807, 2.05) is 149 Å². The van der Waals surface area contributed by atoms with Crippen molar-refractivity contribution in [2.75, 3.05) is 29.9 Å². The number of amides is 5. The molecule has 5 amide bonds. The molecule has 8 aromatic rings. The smallest absolute Gasteiger partial charge is 0.270 e. The van der Waals surface area contributed by atoms with Crippen molar-refractivity contribution in [2.45, 2.75) is 143 Å². The van der Waals surface area contributed by atoms with Gasteiger partial charge < -0.3 is 30.9 Å². The van der Waals surface area contributed by atoms with Gasteiger partial charge in [-0.25, -0.2) is 15.0 Å². The predicted octanol–water partition coefficient (Wildman–Crippen LogP) is 11.4. The van der Waals surface area contributed by atoms with Gasteiger partial charge in [0.15, 0.2) is 5.13 Å². The summed E-state index contributed by atoms with van der Waals surface area (Å²) >= 11 is 3.02. The second-order valence-electron chi connectivity index (χ2n) is 23.8. The first-order chi connectivity index (χ1) is 41.5. The summed E-state index contributed by atoms with van der Waals surface area (Å²) in [5, 5.41) is 28.3. The number of pyridine rings is 1. The maximum Gasteiger partial charge on any atom is 0.270 e. The number of likely N-dealkylation sites (tertiary alicyclic amines) is 1. The minimum absolute atomic E-state index is 0.00622. The average molecular weight is 1200 g/mol. The van der Waals surface area contributed by atoms with Crippen LogP contribution in [-0.4, -0.2) is 102 Å². The van der Waals surface area contributed by atoms with Gasteiger partial charge in [-0.1, -0.05) is 143 Å². The van der Waals surface area contributed by atoms with Crippen LogP contribution in [0.3, 0.4) is 0 Å². The molecule has 0 saturated carbocycles. The summed E-state index contributed by atoms with van der Waals surface area (Å²) in [6, 6.07) is 33.6. The number of aliphatic hydroxyl groups excluding tert-OH is 1. The van der Waals surface area contributed by atoms with Gasteiger partial charge in [0.05, 0.1) is 51.2 Å². The van der Waals surface area contributed by atoms with Gasteiger partial charge in [0.25, 0.3) is 11.8 Å². The molecule has 0 bridgehead atoms. The van der Waals surface area contributed by atoms with Crippen molar-refractivity contribution in [3.8, 4) is 21.6 Å². The van der Waals surface area contributed by atoms with Gasteiger partial charge in [-0.3, -0.25) is 34.0 Å². The molecule has 17 nitrogen and oxygen atoms in total. The SMILES string of the molecule is Cc1ncsc1-c1ccc(C(C)NC(=O)C2CC(O)CN2C(=O)C(NC(=O)CCCCCCCCCNC(=O)c2nc(N3CCc4cccc(C(=O)Nc5nc6ccccc6s5)c4C3)ccc2-c2cnn(Cc3ccccc3)c2C)C(C)(C)C)cc1. The molecule has 448 valence electrons. The number of para-hydroxylation sites is 1. The highest BCUT2D eigenvalue weighted by Crippen LogP contribution is 2.34. The van der Waals surface area contributed by atoms with E-state index in [1.54, 1.807) is 11.3 Å². The summed E-state index contributed by atoms with van der Waals surface area (Å²) in [5.74, 6) is -0.803. The minimum Gasteiger partial charge on any atom is -0.391 e. The Labute approximate surface area is 511 Å². The average Bonchev–Trinajstić information content (AvgIpc) is 2.28. The summed E-state index contributed by atoms with van der Waals surface area (Å²) in [4.78, 5) is 88.5. The van der Waals surface area contributed by atoms with Crippen LogP contribution < -0.4 is 26.2 Å². The van der Waals surface area contributed by atoms with Crippen molar-refractivity contribution in [3.63, 3.8) is 0 Å². The molecule has 5 N–H and O–H groups in total. The van der Waals surface area contributed by atoms with Crippen molar-refractivity contribution in [1.29, 1.82) is 0 Å². The number of thiazole rings is 2. The number of benzene rings is 4. The molecule has 4 aromatic heterocycles. The minimum atomic E-state index is -0.893. The zero-order chi connectivity index (χ0) is 60.5. The molecule has 0 aliphatic carbocycles. The topological polar surface area (TPSA) is 217 Å². The van der Waals surface area contributed by atoms with Crippen molar-refractivity contribution in [1.82, 2.24) is 45.6 Å². The summed E-state index contributed by atoms with van der Waals surface area (Å²) in [6.07, 6.45) is 8.09. The molecule has 6 heterocycles. The van der Waals surface area contributed by atoms with Crippen LogP contribution >= 0.6 is 22.7 Å². The number of β-amino-alcohol motifs (C(OH)–C–C–N with tert-alkyl or cyclic N) is 1. The van der Waals surface area contributed by atoms with E-state index in [1.165, 1.54) is 16.2 Å². The number of rotatable bonds is 23. The molecule has 1 fully saturated rings. The monoisotopic (exact) mass is 1200 g/mol. The normalized spacial score (nSPS) is 15.7. The number of fused-ring (bicyclic) bond motifs is 2. The Morgan fingerprint density at radius 2 is 1.53 bits per heavy atom. The zero-order valence-electron chi connectivity index (χ0n) is 49.9. The molecule has 4 aromatic carbocycles. The Morgan fingerprint density at radius 3 is 2.28 bits per heavy atom. The highest BCUT2D eigenvalue weighted by atomic mass is 32.1. The summed E-state index contributed by atoms with van der Waals surface area (Å²) in [7, 11) is 0.